The maximum absolute atomic E-state index is 12.8. The lowest BCUT2D eigenvalue weighted by Gasteiger charge is -2.07. The number of rotatable bonds is 2. The van der Waals surface area contributed by atoms with E-state index in [1.807, 2.05) is 0 Å². The molecule has 0 atom stereocenters. The highest BCUT2D eigenvalue weighted by molar-refractivity contribution is 9.10. The fourth-order valence-electron chi connectivity index (χ4n) is 1.57. The second kappa shape index (κ2) is 4.67. The van der Waals surface area contributed by atoms with Gasteiger partial charge in [-0.1, -0.05) is 28.1 Å². The standard InChI is InChI=1S/C13H8BrFO2/c14-9-3-6-11(13(16)17)12(7-9)8-1-4-10(15)5-2-8/h1-7H,(H,16,17). The van der Waals surface area contributed by atoms with Gasteiger partial charge in [0, 0.05) is 4.47 Å². The molecule has 0 spiro atoms. The van der Waals surface area contributed by atoms with Gasteiger partial charge in [-0.15, -0.1) is 0 Å². The molecule has 4 heteroatoms. The molecule has 0 radical (unpaired) electrons. The normalized spacial score (nSPS) is 10.2. The Labute approximate surface area is 106 Å². The van der Waals surface area contributed by atoms with Crippen molar-refractivity contribution in [3.8, 4) is 11.1 Å². The molecule has 86 valence electrons. The first-order valence-corrected chi connectivity index (χ1v) is 5.66. The summed E-state index contributed by atoms with van der Waals surface area (Å²) in [6.07, 6.45) is 0. The zero-order valence-electron chi connectivity index (χ0n) is 8.65. The van der Waals surface area contributed by atoms with E-state index in [1.54, 1.807) is 24.3 Å². The van der Waals surface area contributed by atoms with E-state index >= 15 is 0 Å². The molecule has 2 rings (SSSR count). The predicted molar refractivity (Wildman–Crippen MR) is 66.5 cm³/mol. The minimum Gasteiger partial charge on any atom is -0.478 e. The predicted octanol–water partition coefficient (Wildman–Crippen LogP) is 3.95. The number of carbonyl (C=O) groups is 1. The molecule has 0 heterocycles. The molecule has 1 N–H and O–H groups in total. The maximum atomic E-state index is 12.8. The van der Waals surface area contributed by atoms with Crippen molar-refractivity contribution in [1.29, 1.82) is 0 Å². The Morgan fingerprint density at radius 2 is 1.76 bits per heavy atom. The number of aromatic carboxylic acids is 1. The first kappa shape index (κ1) is 11.8. The van der Waals surface area contributed by atoms with Gasteiger partial charge in [0.2, 0.25) is 0 Å². The Hall–Kier alpha value is -1.68. The number of halogens is 2. The quantitative estimate of drug-likeness (QED) is 0.910. The minimum absolute atomic E-state index is 0.194. The molecule has 2 nitrogen and oxygen atoms in total. The van der Waals surface area contributed by atoms with Crippen molar-refractivity contribution in [3.63, 3.8) is 0 Å². The Bertz CT molecular complexity index is 564. The molecular formula is C13H8BrFO2. The van der Waals surface area contributed by atoms with Crippen molar-refractivity contribution in [1.82, 2.24) is 0 Å². The van der Waals surface area contributed by atoms with Crippen LogP contribution in [0.1, 0.15) is 10.4 Å². The summed E-state index contributed by atoms with van der Waals surface area (Å²) in [5.74, 6) is -1.35. The largest absolute Gasteiger partial charge is 0.478 e. The molecule has 0 fully saturated rings. The molecule has 0 aliphatic rings. The highest BCUT2D eigenvalue weighted by Gasteiger charge is 2.11. The Morgan fingerprint density at radius 1 is 1.12 bits per heavy atom. The lowest BCUT2D eigenvalue weighted by atomic mass is 10.00. The van der Waals surface area contributed by atoms with Gasteiger partial charge in [0.15, 0.2) is 0 Å². The van der Waals surface area contributed by atoms with Crippen LogP contribution in [-0.2, 0) is 0 Å². The average Bonchev–Trinajstić information content (AvgIpc) is 2.29. The molecule has 0 bridgehead atoms. The van der Waals surface area contributed by atoms with Crippen molar-refractivity contribution < 1.29 is 14.3 Å². The summed E-state index contributed by atoms with van der Waals surface area (Å²) in [5, 5.41) is 9.08. The summed E-state index contributed by atoms with van der Waals surface area (Å²) in [7, 11) is 0. The van der Waals surface area contributed by atoms with Crippen LogP contribution in [-0.4, -0.2) is 11.1 Å². The number of carboxylic acids is 1. The average molecular weight is 295 g/mol. The molecular weight excluding hydrogens is 287 g/mol. The van der Waals surface area contributed by atoms with Crippen LogP contribution in [0.15, 0.2) is 46.9 Å². The van der Waals surface area contributed by atoms with Crippen LogP contribution in [0.5, 0.6) is 0 Å². The van der Waals surface area contributed by atoms with Crippen LogP contribution in [0.3, 0.4) is 0 Å². The molecule has 0 saturated heterocycles. The van der Waals surface area contributed by atoms with E-state index in [0.29, 0.717) is 11.1 Å². The Kier molecular flexibility index (Phi) is 3.24. The van der Waals surface area contributed by atoms with E-state index in [4.69, 9.17) is 5.11 Å². The van der Waals surface area contributed by atoms with Gasteiger partial charge in [-0.25, -0.2) is 9.18 Å². The molecule has 2 aromatic carbocycles. The summed E-state index contributed by atoms with van der Waals surface area (Å²) < 4.78 is 13.6. The molecule has 0 aliphatic carbocycles. The van der Waals surface area contributed by atoms with E-state index in [-0.39, 0.29) is 11.4 Å². The summed E-state index contributed by atoms with van der Waals surface area (Å²) in [6.45, 7) is 0. The zero-order valence-corrected chi connectivity index (χ0v) is 10.2. The lowest BCUT2D eigenvalue weighted by molar-refractivity contribution is 0.0697. The lowest BCUT2D eigenvalue weighted by Crippen LogP contribution is -1.99. The van der Waals surface area contributed by atoms with Crippen molar-refractivity contribution in [2.75, 3.05) is 0 Å². The smallest absolute Gasteiger partial charge is 0.336 e. The number of carboxylic acid groups (broad SMARTS) is 1. The van der Waals surface area contributed by atoms with E-state index in [9.17, 15) is 9.18 Å². The van der Waals surface area contributed by atoms with Gasteiger partial charge in [0.1, 0.15) is 5.82 Å². The van der Waals surface area contributed by atoms with Gasteiger partial charge in [-0.3, -0.25) is 0 Å². The second-order valence-electron chi connectivity index (χ2n) is 3.50. The van der Waals surface area contributed by atoms with E-state index < -0.39 is 5.97 Å². The van der Waals surface area contributed by atoms with Crippen LogP contribution in [0.2, 0.25) is 0 Å². The highest BCUT2D eigenvalue weighted by Crippen LogP contribution is 2.27. The molecule has 0 aromatic heterocycles. The molecule has 0 aliphatic heterocycles. The van der Waals surface area contributed by atoms with Crippen molar-refractivity contribution in [2.45, 2.75) is 0 Å². The molecule has 0 amide bonds. The van der Waals surface area contributed by atoms with Crippen molar-refractivity contribution in [3.05, 3.63) is 58.3 Å². The van der Waals surface area contributed by atoms with Crippen LogP contribution in [0, 0.1) is 5.82 Å². The first-order valence-electron chi connectivity index (χ1n) is 4.87. The summed E-state index contributed by atoms with van der Waals surface area (Å²) in [5.41, 5.74) is 1.43. The van der Waals surface area contributed by atoms with E-state index in [1.165, 1.54) is 18.2 Å². The van der Waals surface area contributed by atoms with Crippen LogP contribution in [0.25, 0.3) is 11.1 Å². The van der Waals surface area contributed by atoms with Gasteiger partial charge in [0.05, 0.1) is 5.56 Å². The fourth-order valence-corrected chi connectivity index (χ4v) is 1.93. The topological polar surface area (TPSA) is 37.3 Å². The van der Waals surface area contributed by atoms with E-state index in [2.05, 4.69) is 15.9 Å². The third-order valence-corrected chi connectivity index (χ3v) is 2.86. The molecule has 2 aromatic rings. The third-order valence-electron chi connectivity index (χ3n) is 2.37. The summed E-state index contributed by atoms with van der Waals surface area (Å²) in [6, 6.07) is 10.6. The number of hydrogen-bond acceptors (Lipinski definition) is 1. The van der Waals surface area contributed by atoms with Gasteiger partial charge in [0.25, 0.3) is 0 Å². The van der Waals surface area contributed by atoms with Crippen LogP contribution >= 0.6 is 15.9 Å². The summed E-state index contributed by atoms with van der Waals surface area (Å²) >= 11 is 3.29. The van der Waals surface area contributed by atoms with Gasteiger partial charge in [-0.2, -0.15) is 0 Å². The van der Waals surface area contributed by atoms with Crippen LogP contribution < -0.4 is 0 Å². The van der Waals surface area contributed by atoms with Gasteiger partial charge < -0.3 is 5.11 Å². The monoisotopic (exact) mass is 294 g/mol. The molecule has 0 saturated carbocycles. The van der Waals surface area contributed by atoms with Gasteiger partial charge >= 0.3 is 5.97 Å². The van der Waals surface area contributed by atoms with Gasteiger partial charge in [-0.05, 0) is 41.5 Å². The van der Waals surface area contributed by atoms with Crippen LogP contribution in [0.4, 0.5) is 4.39 Å². The molecule has 17 heavy (non-hydrogen) atoms. The van der Waals surface area contributed by atoms with E-state index in [0.717, 1.165) is 4.47 Å². The minimum atomic E-state index is -1.00. The second-order valence-corrected chi connectivity index (χ2v) is 4.42. The fraction of sp³-hybridized carbons (Fsp3) is 0. The third kappa shape index (κ3) is 2.53. The molecule has 0 unspecified atom stereocenters. The number of hydrogen-bond donors (Lipinski definition) is 1. The SMILES string of the molecule is O=C(O)c1ccc(Br)cc1-c1ccc(F)cc1. The number of benzene rings is 2. The zero-order chi connectivity index (χ0) is 12.4. The first-order chi connectivity index (χ1) is 8.08. The van der Waals surface area contributed by atoms with Crippen molar-refractivity contribution in [2.24, 2.45) is 0 Å². The maximum Gasteiger partial charge on any atom is 0.336 e. The Morgan fingerprint density at radius 3 is 2.35 bits per heavy atom. The summed E-state index contributed by atoms with van der Waals surface area (Å²) in [4.78, 5) is 11.1. The highest BCUT2D eigenvalue weighted by atomic mass is 79.9. The Balaban J connectivity index is 2.60. The van der Waals surface area contributed by atoms with Crippen molar-refractivity contribution >= 4 is 21.9 Å².